The van der Waals surface area contributed by atoms with E-state index in [1.807, 2.05) is 6.07 Å². The lowest BCUT2D eigenvalue weighted by atomic mass is 10.2. The highest BCUT2D eigenvalue weighted by atomic mass is 79.9. The van der Waals surface area contributed by atoms with Crippen molar-refractivity contribution in [1.29, 1.82) is 0 Å². The van der Waals surface area contributed by atoms with E-state index in [9.17, 15) is 10.1 Å². The van der Waals surface area contributed by atoms with Gasteiger partial charge in [-0.2, -0.15) is 0 Å². The largest absolute Gasteiger partial charge is 0.487 e. The van der Waals surface area contributed by atoms with Gasteiger partial charge >= 0.3 is 0 Å². The van der Waals surface area contributed by atoms with E-state index in [4.69, 9.17) is 16.3 Å². The highest BCUT2D eigenvalue weighted by Crippen LogP contribution is 2.30. The van der Waals surface area contributed by atoms with Crippen molar-refractivity contribution in [2.24, 2.45) is 0 Å². The third kappa shape index (κ3) is 3.86. The number of nitrogens with zero attached hydrogens (tertiary/aromatic N) is 1. The summed E-state index contributed by atoms with van der Waals surface area (Å²) in [6.07, 6.45) is 0. The third-order valence-corrected chi connectivity index (χ3v) is 3.62. The van der Waals surface area contributed by atoms with Gasteiger partial charge in [-0.15, -0.1) is 0 Å². The Bertz CT molecular complexity index is 679. The van der Waals surface area contributed by atoms with Gasteiger partial charge in [0.25, 0.3) is 5.69 Å². The molecule has 0 saturated carbocycles. The van der Waals surface area contributed by atoms with Crippen LogP contribution < -0.4 is 10.1 Å². The number of benzene rings is 2. The van der Waals surface area contributed by atoms with E-state index >= 15 is 0 Å². The van der Waals surface area contributed by atoms with E-state index in [0.29, 0.717) is 22.0 Å². The van der Waals surface area contributed by atoms with Crippen molar-refractivity contribution in [2.45, 2.75) is 6.61 Å². The molecule has 0 aliphatic carbocycles. The zero-order valence-electron chi connectivity index (χ0n) is 11.1. The fourth-order valence-electron chi connectivity index (χ4n) is 1.78. The standard InChI is InChI=1S/C14H12BrClN2O3/c1-17-12-5-2-9(6-13(12)18(19)20)8-21-14-7-10(15)3-4-11(14)16/h2-7,17H,8H2,1H3. The maximum atomic E-state index is 11.0. The molecule has 0 bridgehead atoms. The zero-order valence-corrected chi connectivity index (χ0v) is 13.4. The Labute approximate surface area is 135 Å². The van der Waals surface area contributed by atoms with Crippen LogP contribution in [0.5, 0.6) is 5.75 Å². The molecule has 0 atom stereocenters. The number of hydrogen-bond donors (Lipinski definition) is 1. The van der Waals surface area contributed by atoms with Crippen molar-refractivity contribution >= 4 is 38.9 Å². The number of nitro groups is 1. The van der Waals surface area contributed by atoms with Crippen molar-refractivity contribution in [3.8, 4) is 5.75 Å². The third-order valence-electron chi connectivity index (χ3n) is 2.82. The topological polar surface area (TPSA) is 64.4 Å². The molecule has 0 aliphatic heterocycles. The smallest absolute Gasteiger partial charge is 0.292 e. The SMILES string of the molecule is CNc1ccc(COc2cc(Br)ccc2Cl)cc1[N+](=O)[O-]. The second-order valence-corrected chi connectivity index (χ2v) is 5.54. The average Bonchev–Trinajstić information content (AvgIpc) is 2.47. The number of rotatable bonds is 5. The molecule has 1 N–H and O–H groups in total. The molecule has 7 heteroatoms. The van der Waals surface area contributed by atoms with Gasteiger partial charge in [0.1, 0.15) is 18.0 Å². The van der Waals surface area contributed by atoms with E-state index in [1.165, 1.54) is 6.07 Å². The van der Waals surface area contributed by atoms with Gasteiger partial charge in [-0.05, 0) is 29.8 Å². The minimum atomic E-state index is -0.429. The van der Waals surface area contributed by atoms with Crippen LogP contribution >= 0.6 is 27.5 Å². The van der Waals surface area contributed by atoms with Gasteiger partial charge < -0.3 is 10.1 Å². The molecule has 2 aromatic carbocycles. The Morgan fingerprint density at radius 3 is 2.76 bits per heavy atom. The molecule has 0 heterocycles. The molecule has 0 spiro atoms. The van der Waals surface area contributed by atoms with Crippen LogP contribution in [-0.4, -0.2) is 12.0 Å². The molecule has 2 rings (SSSR count). The summed E-state index contributed by atoms with van der Waals surface area (Å²) in [6, 6.07) is 10.2. The fraction of sp³-hybridized carbons (Fsp3) is 0.143. The lowest BCUT2D eigenvalue weighted by Gasteiger charge is -2.09. The van der Waals surface area contributed by atoms with Crippen molar-refractivity contribution in [1.82, 2.24) is 0 Å². The van der Waals surface area contributed by atoms with E-state index < -0.39 is 4.92 Å². The van der Waals surface area contributed by atoms with Crippen LogP contribution in [0.25, 0.3) is 0 Å². The van der Waals surface area contributed by atoms with Gasteiger partial charge in [-0.3, -0.25) is 10.1 Å². The summed E-state index contributed by atoms with van der Waals surface area (Å²) in [5.41, 5.74) is 1.17. The average molecular weight is 372 g/mol. The number of nitrogens with one attached hydrogen (secondary N) is 1. The second-order valence-electron chi connectivity index (χ2n) is 4.22. The first-order valence-corrected chi connectivity index (χ1v) is 7.21. The van der Waals surface area contributed by atoms with E-state index in [2.05, 4.69) is 21.2 Å². The minimum absolute atomic E-state index is 0.0129. The maximum absolute atomic E-state index is 11.0. The molecule has 110 valence electrons. The van der Waals surface area contributed by atoms with Crippen LogP contribution in [0.15, 0.2) is 40.9 Å². The van der Waals surface area contributed by atoms with Crippen LogP contribution in [0.1, 0.15) is 5.56 Å². The number of halogens is 2. The Kier molecular flexibility index (Phi) is 5.03. The maximum Gasteiger partial charge on any atom is 0.292 e. The number of hydrogen-bond acceptors (Lipinski definition) is 4. The summed E-state index contributed by atoms with van der Waals surface area (Å²) >= 11 is 9.36. The molecular formula is C14H12BrClN2O3. The predicted molar refractivity (Wildman–Crippen MR) is 86.1 cm³/mol. The Balaban J connectivity index is 2.18. The van der Waals surface area contributed by atoms with Crippen LogP contribution in [0.2, 0.25) is 5.02 Å². The molecule has 0 radical (unpaired) electrons. The second kappa shape index (κ2) is 6.78. The Morgan fingerprint density at radius 2 is 2.10 bits per heavy atom. The first-order valence-electron chi connectivity index (χ1n) is 6.04. The van der Waals surface area contributed by atoms with Crippen LogP contribution in [0, 0.1) is 10.1 Å². The van der Waals surface area contributed by atoms with Crippen LogP contribution in [0.3, 0.4) is 0 Å². The predicted octanol–water partition coefficient (Wildman–Crippen LogP) is 4.63. The monoisotopic (exact) mass is 370 g/mol. The zero-order chi connectivity index (χ0) is 15.4. The van der Waals surface area contributed by atoms with Gasteiger partial charge in [0.2, 0.25) is 0 Å². The molecule has 0 unspecified atom stereocenters. The van der Waals surface area contributed by atoms with Gasteiger partial charge in [-0.1, -0.05) is 33.6 Å². The van der Waals surface area contributed by atoms with Crippen molar-refractivity contribution in [3.05, 3.63) is 61.6 Å². The molecule has 2 aromatic rings. The van der Waals surface area contributed by atoms with Crippen molar-refractivity contribution in [3.63, 3.8) is 0 Å². The van der Waals surface area contributed by atoms with E-state index in [1.54, 1.807) is 31.3 Å². The first kappa shape index (κ1) is 15.6. The fourth-order valence-corrected chi connectivity index (χ4v) is 2.29. The lowest BCUT2D eigenvalue weighted by Crippen LogP contribution is -2.00. The van der Waals surface area contributed by atoms with Crippen LogP contribution in [-0.2, 0) is 6.61 Å². The molecule has 0 fully saturated rings. The number of nitro benzene ring substituents is 1. The quantitative estimate of drug-likeness (QED) is 0.614. The normalized spacial score (nSPS) is 10.2. The lowest BCUT2D eigenvalue weighted by molar-refractivity contribution is -0.384. The van der Waals surface area contributed by atoms with Crippen molar-refractivity contribution in [2.75, 3.05) is 12.4 Å². The van der Waals surface area contributed by atoms with Crippen LogP contribution in [0.4, 0.5) is 11.4 Å². The minimum Gasteiger partial charge on any atom is -0.487 e. The summed E-state index contributed by atoms with van der Waals surface area (Å²) in [5.74, 6) is 0.520. The number of anilines is 1. The molecule has 0 amide bonds. The molecule has 0 saturated heterocycles. The van der Waals surface area contributed by atoms with Gasteiger partial charge in [0.05, 0.1) is 9.95 Å². The number of ether oxygens (including phenoxy) is 1. The highest BCUT2D eigenvalue weighted by molar-refractivity contribution is 9.10. The van der Waals surface area contributed by atoms with Gasteiger partial charge in [0.15, 0.2) is 0 Å². The summed E-state index contributed by atoms with van der Waals surface area (Å²) in [5, 5.41) is 14.3. The van der Waals surface area contributed by atoms with E-state index in [-0.39, 0.29) is 12.3 Å². The van der Waals surface area contributed by atoms with Gasteiger partial charge in [0, 0.05) is 17.6 Å². The van der Waals surface area contributed by atoms with Gasteiger partial charge in [-0.25, -0.2) is 0 Å². The molecular weight excluding hydrogens is 360 g/mol. The molecule has 0 aromatic heterocycles. The Morgan fingerprint density at radius 1 is 1.33 bits per heavy atom. The molecule has 21 heavy (non-hydrogen) atoms. The summed E-state index contributed by atoms with van der Waals surface area (Å²) < 4.78 is 6.45. The summed E-state index contributed by atoms with van der Waals surface area (Å²) in [7, 11) is 1.64. The Hall–Kier alpha value is -1.79. The highest BCUT2D eigenvalue weighted by Gasteiger charge is 2.14. The summed E-state index contributed by atoms with van der Waals surface area (Å²) in [4.78, 5) is 10.6. The van der Waals surface area contributed by atoms with Crippen molar-refractivity contribution < 1.29 is 9.66 Å². The first-order chi connectivity index (χ1) is 10.0. The van der Waals surface area contributed by atoms with E-state index in [0.717, 1.165) is 4.47 Å². The summed E-state index contributed by atoms with van der Waals surface area (Å²) in [6.45, 7) is 0.195. The molecule has 5 nitrogen and oxygen atoms in total. The molecule has 0 aliphatic rings.